The number of anilines is 2. The van der Waals surface area contributed by atoms with E-state index in [-0.39, 0.29) is 0 Å². The van der Waals surface area contributed by atoms with Crippen LogP contribution in [0.2, 0.25) is 0 Å². The second-order valence-electron chi connectivity index (χ2n) is 5.28. The molecule has 2 heteroatoms. The summed E-state index contributed by atoms with van der Waals surface area (Å²) < 4.78 is 0. The van der Waals surface area contributed by atoms with Gasteiger partial charge in [-0.05, 0) is 40.5 Å². The Morgan fingerprint density at radius 1 is 0.714 bits per heavy atom. The van der Waals surface area contributed by atoms with Crippen LogP contribution in [0.15, 0.2) is 72.8 Å². The van der Waals surface area contributed by atoms with E-state index in [1.165, 1.54) is 27.3 Å². The molecule has 4 rings (SSSR count). The van der Waals surface area contributed by atoms with Crippen LogP contribution in [0.4, 0.5) is 11.4 Å². The Hall–Kier alpha value is -2.58. The monoisotopic (exact) mass is 273 g/mol. The zero-order chi connectivity index (χ0) is 14.2. The molecular formula is C19H15NO. The van der Waals surface area contributed by atoms with Crippen molar-refractivity contribution >= 4 is 11.4 Å². The predicted octanol–water partition coefficient (Wildman–Crippen LogP) is 4.79. The van der Waals surface area contributed by atoms with Crippen LogP contribution in [0, 0.1) is 0 Å². The van der Waals surface area contributed by atoms with Crippen molar-refractivity contribution in [1.82, 2.24) is 0 Å². The molecule has 0 saturated heterocycles. The summed E-state index contributed by atoms with van der Waals surface area (Å²) in [6.45, 7) is 0. The largest absolute Gasteiger partial charge is 0.283 e. The van der Waals surface area contributed by atoms with Crippen molar-refractivity contribution in [3.8, 4) is 11.1 Å². The molecule has 0 heterocycles. The molecule has 0 fully saturated rings. The van der Waals surface area contributed by atoms with Crippen LogP contribution in [0.1, 0.15) is 11.1 Å². The summed E-state index contributed by atoms with van der Waals surface area (Å²) in [5.74, 6) is 0. The fourth-order valence-corrected chi connectivity index (χ4v) is 3.05. The van der Waals surface area contributed by atoms with E-state index >= 15 is 0 Å². The summed E-state index contributed by atoms with van der Waals surface area (Å²) in [6, 6.07) is 24.1. The molecule has 0 spiro atoms. The fraction of sp³-hybridized carbons (Fsp3) is 0.0526. The minimum Gasteiger partial charge on any atom is -0.283 e. The van der Waals surface area contributed by atoms with Crippen molar-refractivity contribution in [3.63, 3.8) is 0 Å². The molecule has 21 heavy (non-hydrogen) atoms. The maximum Gasteiger partial charge on any atom is 0.0734 e. The van der Waals surface area contributed by atoms with Gasteiger partial charge in [-0.1, -0.05) is 54.6 Å². The molecule has 0 radical (unpaired) electrons. The van der Waals surface area contributed by atoms with Gasteiger partial charge in [-0.15, -0.1) is 0 Å². The second kappa shape index (κ2) is 4.76. The van der Waals surface area contributed by atoms with E-state index in [4.69, 9.17) is 0 Å². The Kier molecular flexibility index (Phi) is 2.76. The zero-order valence-corrected chi connectivity index (χ0v) is 11.5. The molecule has 1 aliphatic rings. The molecule has 0 aromatic heterocycles. The van der Waals surface area contributed by atoms with Gasteiger partial charge in [0.15, 0.2) is 0 Å². The molecule has 102 valence electrons. The summed E-state index contributed by atoms with van der Waals surface area (Å²) in [6.07, 6.45) is 0.867. The molecule has 3 aromatic rings. The topological polar surface area (TPSA) is 23.5 Å². The molecule has 0 amide bonds. The molecule has 3 aromatic carbocycles. The third-order valence-corrected chi connectivity index (χ3v) is 4.06. The van der Waals surface area contributed by atoms with E-state index in [9.17, 15) is 5.21 Å². The van der Waals surface area contributed by atoms with Crippen LogP contribution in [0.25, 0.3) is 11.1 Å². The average molecular weight is 273 g/mol. The lowest BCUT2D eigenvalue weighted by Gasteiger charge is -2.20. The number of hydrogen-bond donors (Lipinski definition) is 1. The fourth-order valence-electron chi connectivity index (χ4n) is 3.05. The van der Waals surface area contributed by atoms with Crippen molar-refractivity contribution in [2.45, 2.75) is 6.42 Å². The standard InChI is InChI=1S/C19H15NO/c21-20(15-8-2-1-3-9-15)19-12-6-11-17-16-10-5-4-7-14(16)13-18(17)19/h1-12,21H,13H2. The second-order valence-corrected chi connectivity index (χ2v) is 5.28. The number of rotatable bonds is 2. The number of fused-ring (bicyclic) bond motifs is 3. The van der Waals surface area contributed by atoms with Crippen molar-refractivity contribution in [1.29, 1.82) is 0 Å². The normalized spacial score (nSPS) is 11.9. The highest BCUT2D eigenvalue weighted by Crippen LogP contribution is 2.42. The van der Waals surface area contributed by atoms with Crippen molar-refractivity contribution in [2.75, 3.05) is 5.06 Å². The van der Waals surface area contributed by atoms with Gasteiger partial charge in [-0.3, -0.25) is 5.21 Å². The van der Waals surface area contributed by atoms with Gasteiger partial charge in [0.1, 0.15) is 0 Å². The molecule has 1 N–H and O–H groups in total. The molecule has 0 atom stereocenters. The Morgan fingerprint density at radius 3 is 2.29 bits per heavy atom. The van der Waals surface area contributed by atoms with Gasteiger partial charge in [0, 0.05) is 6.42 Å². The van der Waals surface area contributed by atoms with Gasteiger partial charge >= 0.3 is 0 Å². The Bertz CT molecular complexity index is 796. The summed E-state index contributed by atoms with van der Waals surface area (Å²) in [5.41, 5.74) is 6.64. The van der Waals surface area contributed by atoms with Crippen LogP contribution in [0.5, 0.6) is 0 Å². The maximum absolute atomic E-state index is 10.6. The molecule has 1 aliphatic carbocycles. The van der Waals surface area contributed by atoms with E-state index in [0.717, 1.165) is 17.8 Å². The van der Waals surface area contributed by atoms with E-state index in [1.54, 1.807) is 0 Å². The first kappa shape index (κ1) is 12.2. The average Bonchev–Trinajstić information content (AvgIpc) is 2.94. The van der Waals surface area contributed by atoms with Crippen molar-refractivity contribution in [3.05, 3.63) is 83.9 Å². The van der Waals surface area contributed by atoms with Gasteiger partial charge < -0.3 is 0 Å². The van der Waals surface area contributed by atoms with Gasteiger partial charge in [0.25, 0.3) is 0 Å². The highest BCUT2D eigenvalue weighted by Gasteiger charge is 2.22. The summed E-state index contributed by atoms with van der Waals surface area (Å²) in [7, 11) is 0. The highest BCUT2D eigenvalue weighted by molar-refractivity contribution is 5.83. The molecule has 0 bridgehead atoms. The van der Waals surface area contributed by atoms with E-state index < -0.39 is 0 Å². The first-order chi connectivity index (χ1) is 10.3. The van der Waals surface area contributed by atoms with Crippen LogP contribution in [-0.4, -0.2) is 5.21 Å². The molecule has 2 nitrogen and oxygen atoms in total. The lowest BCUT2D eigenvalue weighted by molar-refractivity contribution is 0.300. The molecule has 0 saturated carbocycles. The predicted molar refractivity (Wildman–Crippen MR) is 85.1 cm³/mol. The third-order valence-electron chi connectivity index (χ3n) is 4.06. The minimum absolute atomic E-state index is 0.779. The lowest BCUT2D eigenvalue weighted by Crippen LogP contribution is -2.12. The van der Waals surface area contributed by atoms with E-state index in [1.807, 2.05) is 42.5 Å². The van der Waals surface area contributed by atoms with Crippen molar-refractivity contribution < 1.29 is 5.21 Å². The first-order valence-corrected chi connectivity index (χ1v) is 7.09. The number of benzene rings is 3. The Morgan fingerprint density at radius 2 is 1.43 bits per heavy atom. The van der Waals surface area contributed by atoms with Gasteiger partial charge in [0.05, 0.1) is 11.4 Å². The summed E-state index contributed by atoms with van der Waals surface area (Å²) in [4.78, 5) is 0. The number of para-hydroxylation sites is 1. The van der Waals surface area contributed by atoms with Crippen LogP contribution >= 0.6 is 0 Å². The zero-order valence-electron chi connectivity index (χ0n) is 11.5. The van der Waals surface area contributed by atoms with E-state index in [2.05, 4.69) is 30.3 Å². The minimum atomic E-state index is 0.779. The van der Waals surface area contributed by atoms with Gasteiger partial charge in [0.2, 0.25) is 0 Å². The van der Waals surface area contributed by atoms with Crippen LogP contribution < -0.4 is 5.06 Å². The maximum atomic E-state index is 10.6. The van der Waals surface area contributed by atoms with Gasteiger partial charge in [-0.2, -0.15) is 0 Å². The first-order valence-electron chi connectivity index (χ1n) is 7.09. The summed E-state index contributed by atoms with van der Waals surface area (Å²) >= 11 is 0. The molecular weight excluding hydrogens is 258 g/mol. The van der Waals surface area contributed by atoms with E-state index in [0.29, 0.717) is 0 Å². The van der Waals surface area contributed by atoms with Gasteiger partial charge in [-0.25, -0.2) is 5.06 Å². The highest BCUT2D eigenvalue weighted by atomic mass is 16.5. The van der Waals surface area contributed by atoms with Crippen molar-refractivity contribution in [2.24, 2.45) is 0 Å². The Labute approximate surface area is 123 Å². The molecule has 0 aliphatic heterocycles. The number of hydrogen-bond acceptors (Lipinski definition) is 2. The molecule has 0 unspecified atom stereocenters. The quantitative estimate of drug-likeness (QED) is 0.531. The van der Waals surface area contributed by atoms with Crippen LogP contribution in [0.3, 0.4) is 0 Å². The number of nitrogens with zero attached hydrogens (tertiary/aromatic N) is 1. The smallest absolute Gasteiger partial charge is 0.0734 e. The SMILES string of the molecule is ON(c1ccccc1)c1cccc2c1Cc1ccccc1-2. The van der Waals surface area contributed by atoms with Crippen LogP contribution in [-0.2, 0) is 6.42 Å². The lowest BCUT2D eigenvalue weighted by atomic mass is 10.0. The third kappa shape index (κ3) is 1.92. The Balaban J connectivity index is 1.83. The summed E-state index contributed by atoms with van der Waals surface area (Å²) in [5, 5.41) is 11.9.